The smallest absolute Gasteiger partial charge is 0.271 e. The molecule has 0 aliphatic heterocycles. The first-order valence-corrected chi connectivity index (χ1v) is 5.49. The number of amides is 1. The maximum atomic E-state index is 12.0. The lowest BCUT2D eigenvalue weighted by atomic mass is 10.0. The molecule has 1 aromatic heterocycles. The summed E-state index contributed by atoms with van der Waals surface area (Å²) in [6.07, 6.45) is 0.978. The van der Waals surface area contributed by atoms with Gasteiger partial charge < -0.3 is 10.6 Å². The normalized spacial score (nSPS) is 12.8. The van der Waals surface area contributed by atoms with Gasteiger partial charge in [-0.05, 0) is 19.3 Å². The summed E-state index contributed by atoms with van der Waals surface area (Å²) in [5.41, 5.74) is 5.90. The van der Waals surface area contributed by atoms with E-state index in [0.717, 1.165) is 6.42 Å². The molecule has 1 aromatic rings. The molecule has 1 unspecified atom stereocenters. The zero-order chi connectivity index (χ0) is 12.3. The Hall–Kier alpha value is -1.52. The minimum Gasteiger partial charge on any atom is -0.382 e. The van der Waals surface area contributed by atoms with Crippen molar-refractivity contribution < 1.29 is 4.79 Å². The molecule has 1 rings (SSSR count). The van der Waals surface area contributed by atoms with Crippen LogP contribution >= 0.6 is 0 Å². The largest absolute Gasteiger partial charge is 0.382 e. The Morgan fingerprint density at radius 3 is 2.62 bits per heavy atom. The molecule has 5 nitrogen and oxygen atoms in total. The molecule has 1 amide bonds. The number of carbonyl (C=O) groups is 1. The Balaban J connectivity index is 2.67. The predicted octanol–water partition coefficient (Wildman–Crippen LogP) is 1.50. The monoisotopic (exact) mass is 224 g/mol. The first-order chi connectivity index (χ1) is 7.41. The summed E-state index contributed by atoms with van der Waals surface area (Å²) in [5.74, 6) is 0.836. The Labute approximate surface area is 96.0 Å². The van der Waals surface area contributed by atoms with Crippen LogP contribution in [-0.2, 0) is 0 Å². The summed E-state index contributed by atoms with van der Waals surface area (Å²) < 4.78 is 0. The minimum atomic E-state index is -0.0719. The number of hydrogen-bond donors (Lipinski definition) is 2. The van der Waals surface area contributed by atoms with Crippen LogP contribution in [0.2, 0.25) is 0 Å². The highest BCUT2D eigenvalue weighted by atomic mass is 16.2. The van der Waals surface area contributed by atoms with Crippen molar-refractivity contribution in [2.45, 2.75) is 33.2 Å². The summed E-state index contributed by atoms with van der Waals surface area (Å²) in [6.45, 7) is 6.32. The average Bonchev–Trinajstić information content (AvgIpc) is 2.61. The highest BCUT2D eigenvalue weighted by Crippen LogP contribution is 2.12. The van der Waals surface area contributed by atoms with E-state index in [2.05, 4.69) is 24.0 Å². The van der Waals surface area contributed by atoms with Gasteiger partial charge in [-0.3, -0.25) is 9.89 Å². The number of nitrogens with two attached hydrogens (primary N) is 1. The zero-order valence-corrected chi connectivity index (χ0v) is 10.3. The SMILES string of the molecule is CC(C)CC(C)N(C)C(=O)c1cc(N)n[nH]1. The molecule has 3 N–H and O–H groups in total. The van der Waals surface area contributed by atoms with E-state index in [9.17, 15) is 4.79 Å². The van der Waals surface area contributed by atoms with Crippen molar-refractivity contribution in [2.24, 2.45) is 5.92 Å². The molecule has 16 heavy (non-hydrogen) atoms. The van der Waals surface area contributed by atoms with E-state index < -0.39 is 0 Å². The van der Waals surface area contributed by atoms with Gasteiger partial charge in [0.15, 0.2) is 0 Å². The van der Waals surface area contributed by atoms with E-state index in [1.807, 2.05) is 6.92 Å². The van der Waals surface area contributed by atoms with Crippen LogP contribution in [0.4, 0.5) is 5.82 Å². The number of nitrogen functional groups attached to an aromatic ring is 1. The van der Waals surface area contributed by atoms with Gasteiger partial charge in [-0.25, -0.2) is 0 Å². The van der Waals surface area contributed by atoms with Crippen LogP contribution in [0.15, 0.2) is 6.07 Å². The summed E-state index contributed by atoms with van der Waals surface area (Å²) in [4.78, 5) is 13.7. The van der Waals surface area contributed by atoms with Gasteiger partial charge >= 0.3 is 0 Å². The third kappa shape index (κ3) is 2.98. The van der Waals surface area contributed by atoms with E-state index in [1.165, 1.54) is 0 Å². The molecule has 1 heterocycles. The van der Waals surface area contributed by atoms with Crippen LogP contribution in [0, 0.1) is 5.92 Å². The molecule has 0 aromatic carbocycles. The maximum Gasteiger partial charge on any atom is 0.271 e. The second-order valence-corrected chi connectivity index (χ2v) is 4.60. The first kappa shape index (κ1) is 12.5. The second-order valence-electron chi connectivity index (χ2n) is 4.60. The number of carbonyl (C=O) groups excluding carboxylic acids is 1. The number of anilines is 1. The average molecular weight is 224 g/mol. The number of aromatic nitrogens is 2. The van der Waals surface area contributed by atoms with Crippen LogP contribution < -0.4 is 5.73 Å². The molecule has 0 fully saturated rings. The van der Waals surface area contributed by atoms with Gasteiger partial charge in [-0.1, -0.05) is 13.8 Å². The molecular formula is C11H20N4O. The van der Waals surface area contributed by atoms with Gasteiger partial charge in [0, 0.05) is 19.2 Å². The van der Waals surface area contributed by atoms with Crippen molar-refractivity contribution in [1.29, 1.82) is 0 Å². The summed E-state index contributed by atoms with van der Waals surface area (Å²) in [6, 6.07) is 1.76. The fraction of sp³-hybridized carbons (Fsp3) is 0.636. The van der Waals surface area contributed by atoms with Gasteiger partial charge in [0.2, 0.25) is 0 Å². The molecule has 0 saturated carbocycles. The Bertz CT molecular complexity index is 359. The topological polar surface area (TPSA) is 75.0 Å². The van der Waals surface area contributed by atoms with E-state index >= 15 is 0 Å². The lowest BCUT2D eigenvalue weighted by molar-refractivity contribution is 0.0722. The van der Waals surface area contributed by atoms with E-state index in [0.29, 0.717) is 17.4 Å². The summed E-state index contributed by atoms with van der Waals surface area (Å²) in [5, 5.41) is 6.37. The molecule has 0 saturated heterocycles. The number of nitrogens with one attached hydrogen (secondary N) is 1. The molecule has 90 valence electrons. The molecule has 5 heteroatoms. The third-order valence-corrected chi connectivity index (χ3v) is 2.62. The Morgan fingerprint density at radius 2 is 2.19 bits per heavy atom. The molecule has 0 radical (unpaired) electrons. The molecule has 0 bridgehead atoms. The maximum absolute atomic E-state index is 12.0. The van der Waals surface area contributed by atoms with Crippen LogP contribution in [0.5, 0.6) is 0 Å². The van der Waals surface area contributed by atoms with Gasteiger partial charge in [-0.15, -0.1) is 0 Å². The van der Waals surface area contributed by atoms with Crippen molar-refractivity contribution in [2.75, 3.05) is 12.8 Å². The highest BCUT2D eigenvalue weighted by molar-refractivity contribution is 5.92. The standard InChI is InChI=1S/C11H20N4O/c1-7(2)5-8(3)15(4)11(16)9-6-10(12)14-13-9/h6-8H,5H2,1-4H3,(H3,12,13,14). The van der Waals surface area contributed by atoms with Crippen LogP contribution in [-0.4, -0.2) is 34.1 Å². The van der Waals surface area contributed by atoms with Crippen molar-refractivity contribution in [1.82, 2.24) is 15.1 Å². The van der Waals surface area contributed by atoms with E-state index in [4.69, 9.17) is 5.73 Å². The number of hydrogen-bond acceptors (Lipinski definition) is 3. The van der Waals surface area contributed by atoms with Crippen molar-refractivity contribution in [3.8, 4) is 0 Å². The lowest BCUT2D eigenvalue weighted by Crippen LogP contribution is -2.36. The number of nitrogens with zero attached hydrogens (tertiary/aromatic N) is 2. The van der Waals surface area contributed by atoms with Gasteiger partial charge in [-0.2, -0.15) is 5.10 Å². The summed E-state index contributed by atoms with van der Waals surface area (Å²) >= 11 is 0. The summed E-state index contributed by atoms with van der Waals surface area (Å²) in [7, 11) is 1.80. The number of rotatable bonds is 4. The van der Waals surface area contributed by atoms with Gasteiger partial charge in [0.05, 0.1) is 0 Å². The van der Waals surface area contributed by atoms with Gasteiger partial charge in [0.1, 0.15) is 11.5 Å². The van der Waals surface area contributed by atoms with Crippen molar-refractivity contribution in [3.63, 3.8) is 0 Å². The minimum absolute atomic E-state index is 0.0719. The third-order valence-electron chi connectivity index (χ3n) is 2.62. The number of aromatic amines is 1. The van der Waals surface area contributed by atoms with Crippen LogP contribution in [0.3, 0.4) is 0 Å². The van der Waals surface area contributed by atoms with Crippen LogP contribution in [0.25, 0.3) is 0 Å². The van der Waals surface area contributed by atoms with Crippen LogP contribution in [0.1, 0.15) is 37.7 Å². The molecule has 0 spiro atoms. The number of H-pyrrole nitrogens is 1. The zero-order valence-electron chi connectivity index (χ0n) is 10.3. The lowest BCUT2D eigenvalue weighted by Gasteiger charge is -2.25. The fourth-order valence-electron chi connectivity index (χ4n) is 1.68. The van der Waals surface area contributed by atoms with Crippen molar-refractivity contribution in [3.05, 3.63) is 11.8 Å². The van der Waals surface area contributed by atoms with Crippen molar-refractivity contribution >= 4 is 11.7 Å². The quantitative estimate of drug-likeness (QED) is 0.813. The van der Waals surface area contributed by atoms with Gasteiger partial charge in [0.25, 0.3) is 5.91 Å². The first-order valence-electron chi connectivity index (χ1n) is 5.49. The predicted molar refractivity (Wildman–Crippen MR) is 64.0 cm³/mol. The molecule has 1 atom stereocenters. The molecular weight excluding hydrogens is 204 g/mol. The fourth-order valence-corrected chi connectivity index (χ4v) is 1.68. The Kier molecular flexibility index (Phi) is 3.93. The second kappa shape index (κ2) is 5.01. The highest BCUT2D eigenvalue weighted by Gasteiger charge is 2.19. The molecule has 0 aliphatic carbocycles. The van der Waals surface area contributed by atoms with E-state index in [-0.39, 0.29) is 11.9 Å². The van der Waals surface area contributed by atoms with E-state index in [1.54, 1.807) is 18.0 Å². The Morgan fingerprint density at radius 1 is 1.56 bits per heavy atom. The molecule has 0 aliphatic rings.